The number of rotatable bonds is 7. The minimum Gasteiger partial charge on any atom is -0.493 e. The van der Waals surface area contributed by atoms with E-state index < -0.39 is 0 Å². The lowest BCUT2D eigenvalue weighted by molar-refractivity contribution is -0.120. The Hall–Kier alpha value is -2.56. The molecule has 0 aliphatic rings. The third-order valence-electron chi connectivity index (χ3n) is 3.77. The Morgan fingerprint density at radius 2 is 1.75 bits per heavy atom. The van der Waals surface area contributed by atoms with Gasteiger partial charge in [-0.1, -0.05) is 18.2 Å². The van der Waals surface area contributed by atoms with Crippen molar-refractivity contribution in [3.63, 3.8) is 0 Å². The number of halogens is 1. The maximum Gasteiger partial charge on any atom is 0.224 e. The highest BCUT2D eigenvalue weighted by Gasteiger charge is 2.08. The quantitative estimate of drug-likeness (QED) is 0.848. The maximum absolute atomic E-state index is 13.2. The Kier molecular flexibility index (Phi) is 6.18. The van der Waals surface area contributed by atoms with Gasteiger partial charge in [-0.3, -0.25) is 4.79 Å². The highest BCUT2D eigenvalue weighted by molar-refractivity contribution is 5.78. The van der Waals surface area contributed by atoms with Crippen LogP contribution in [0.3, 0.4) is 0 Å². The Bertz CT molecular complexity index is 716. The van der Waals surface area contributed by atoms with Crippen molar-refractivity contribution in [1.29, 1.82) is 0 Å². The molecule has 1 N–H and O–H groups in total. The molecule has 0 saturated carbocycles. The van der Waals surface area contributed by atoms with Crippen LogP contribution in [0.2, 0.25) is 0 Å². The predicted octanol–water partition coefficient (Wildman–Crippen LogP) is 3.05. The van der Waals surface area contributed by atoms with Crippen LogP contribution in [0.5, 0.6) is 11.5 Å². The average Bonchev–Trinajstić information content (AvgIpc) is 2.58. The van der Waals surface area contributed by atoms with E-state index in [0.717, 1.165) is 11.1 Å². The lowest BCUT2D eigenvalue weighted by atomic mass is 10.1. The first-order valence-electron chi connectivity index (χ1n) is 7.76. The van der Waals surface area contributed by atoms with E-state index in [9.17, 15) is 9.18 Å². The molecule has 2 rings (SSSR count). The molecule has 2 aromatic rings. The van der Waals surface area contributed by atoms with Gasteiger partial charge >= 0.3 is 0 Å². The van der Waals surface area contributed by atoms with E-state index >= 15 is 0 Å². The molecule has 4 nitrogen and oxygen atoms in total. The van der Waals surface area contributed by atoms with Crippen LogP contribution in [0.4, 0.5) is 4.39 Å². The molecule has 0 atom stereocenters. The topological polar surface area (TPSA) is 47.6 Å². The summed E-state index contributed by atoms with van der Waals surface area (Å²) in [6.45, 7) is 2.24. The van der Waals surface area contributed by atoms with E-state index in [2.05, 4.69) is 5.32 Å². The van der Waals surface area contributed by atoms with Gasteiger partial charge in [-0.05, 0) is 48.2 Å². The zero-order valence-electron chi connectivity index (χ0n) is 14.2. The van der Waals surface area contributed by atoms with Crippen LogP contribution in [0.25, 0.3) is 0 Å². The van der Waals surface area contributed by atoms with E-state index in [1.807, 2.05) is 6.07 Å². The summed E-state index contributed by atoms with van der Waals surface area (Å²) in [6, 6.07) is 10.4. The second-order valence-electron chi connectivity index (χ2n) is 5.55. The number of amides is 1. The second kappa shape index (κ2) is 8.34. The van der Waals surface area contributed by atoms with Crippen LogP contribution in [0.15, 0.2) is 36.4 Å². The molecular weight excluding hydrogens is 309 g/mol. The van der Waals surface area contributed by atoms with Crippen LogP contribution in [0.1, 0.15) is 16.7 Å². The van der Waals surface area contributed by atoms with Gasteiger partial charge < -0.3 is 14.8 Å². The molecule has 0 spiro atoms. The van der Waals surface area contributed by atoms with Gasteiger partial charge in [0.05, 0.1) is 20.6 Å². The zero-order valence-corrected chi connectivity index (χ0v) is 14.2. The highest BCUT2D eigenvalue weighted by atomic mass is 19.1. The average molecular weight is 331 g/mol. The molecule has 0 fully saturated rings. The molecule has 0 unspecified atom stereocenters. The van der Waals surface area contributed by atoms with Crippen LogP contribution in [0, 0.1) is 12.7 Å². The van der Waals surface area contributed by atoms with Crippen molar-refractivity contribution in [2.45, 2.75) is 19.8 Å². The largest absolute Gasteiger partial charge is 0.493 e. The van der Waals surface area contributed by atoms with E-state index in [1.54, 1.807) is 45.4 Å². The molecule has 0 saturated heterocycles. The fourth-order valence-corrected chi connectivity index (χ4v) is 2.45. The van der Waals surface area contributed by atoms with Crippen molar-refractivity contribution in [2.75, 3.05) is 20.8 Å². The number of carbonyl (C=O) groups is 1. The summed E-state index contributed by atoms with van der Waals surface area (Å²) in [5.74, 6) is 0.954. The van der Waals surface area contributed by atoms with Gasteiger partial charge in [-0.15, -0.1) is 0 Å². The molecule has 128 valence electrons. The Morgan fingerprint density at radius 1 is 1.04 bits per heavy atom. The van der Waals surface area contributed by atoms with Gasteiger partial charge in [0.25, 0.3) is 0 Å². The molecule has 0 bridgehead atoms. The molecule has 1 amide bonds. The minimum absolute atomic E-state index is 0.0685. The van der Waals surface area contributed by atoms with Crippen molar-refractivity contribution in [3.8, 4) is 11.5 Å². The van der Waals surface area contributed by atoms with Crippen LogP contribution in [-0.2, 0) is 17.6 Å². The molecule has 2 aromatic carbocycles. The highest BCUT2D eigenvalue weighted by Crippen LogP contribution is 2.27. The molecule has 0 aliphatic heterocycles. The summed E-state index contributed by atoms with van der Waals surface area (Å²) in [5.41, 5.74) is 2.47. The van der Waals surface area contributed by atoms with Crippen molar-refractivity contribution < 1.29 is 18.7 Å². The third kappa shape index (κ3) is 4.72. The standard InChI is InChI=1S/C19H22FNO3/c1-13-10-14(4-6-16(13)20)8-9-21-19(22)12-15-5-7-17(23-2)18(11-15)24-3/h4-7,10-11H,8-9,12H2,1-3H3,(H,21,22). The van der Waals surface area contributed by atoms with E-state index in [0.29, 0.717) is 30.0 Å². The van der Waals surface area contributed by atoms with Crippen molar-refractivity contribution in [1.82, 2.24) is 5.32 Å². The number of methoxy groups -OCH3 is 2. The first kappa shape index (κ1) is 17.8. The number of hydrogen-bond acceptors (Lipinski definition) is 3. The van der Waals surface area contributed by atoms with Gasteiger partial charge in [-0.2, -0.15) is 0 Å². The lowest BCUT2D eigenvalue weighted by Crippen LogP contribution is -2.27. The van der Waals surface area contributed by atoms with Gasteiger partial charge in [-0.25, -0.2) is 4.39 Å². The van der Waals surface area contributed by atoms with Crippen molar-refractivity contribution in [3.05, 3.63) is 58.9 Å². The van der Waals surface area contributed by atoms with Crippen LogP contribution in [-0.4, -0.2) is 26.7 Å². The SMILES string of the molecule is COc1ccc(CC(=O)NCCc2ccc(F)c(C)c2)cc1OC. The van der Waals surface area contributed by atoms with Crippen molar-refractivity contribution in [2.24, 2.45) is 0 Å². The van der Waals surface area contributed by atoms with Gasteiger partial charge in [0.2, 0.25) is 5.91 Å². The molecule has 0 radical (unpaired) electrons. The molecular formula is C19H22FNO3. The van der Waals surface area contributed by atoms with E-state index in [1.165, 1.54) is 6.07 Å². The zero-order chi connectivity index (χ0) is 17.5. The molecule has 24 heavy (non-hydrogen) atoms. The van der Waals surface area contributed by atoms with Gasteiger partial charge in [0.1, 0.15) is 5.82 Å². The number of benzene rings is 2. The molecule has 0 heterocycles. The van der Waals surface area contributed by atoms with Gasteiger partial charge in [0, 0.05) is 6.54 Å². The maximum atomic E-state index is 13.2. The first-order chi connectivity index (χ1) is 11.5. The smallest absolute Gasteiger partial charge is 0.224 e. The summed E-state index contributed by atoms with van der Waals surface area (Å²) in [4.78, 5) is 12.0. The Balaban J connectivity index is 1.86. The number of aryl methyl sites for hydroxylation is 1. The van der Waals surface area contributed by atoms with E-state index in [4.69, 9.17) is 9.47 Å². The lowest BCUT2D eigenvalue weighted by Gasteiger charge is -2.10. The third-order valence-corrected chi connectivity index (χ3v) is 3.77. The van der Waals surface area contributed by atoms with E-state index in [-0.39, 0.29) is 18.1 Å². The first-order valence-corrected chi connectivity index (χ1v) is 7.76. The fraction of sp³-hybridized carbons (Fsp3) is 0.316. The Morgan fingerprint density at radius 3 is 2.42 bits per heavy atom. The summed E-state index contributed by atoms with van der Waals surface area (Å²) in [5, 5.41) is 2.88. The number of ether oxygens (including phenoxy) is 2. The second-order valence-corrected chi connectivity index (χ2v) is 5.55. The minimum atomic E-state index is -0.212. The summed E-state index contributed by atoms with van der Waals surface area (Å²) < 4.78 is 23.6. The normalized spacial score (nSPS) is 10.3. The number of nitrogens with one attached hydrogen (secondary N) is 1. The van der Waals surface area contributed by atoms with Crippen LogP contribution >= 0.6 is 0 Å². The summed E-state index contributed by atoms with van der Waals surface area (Å²) >= 11 is 0. The van der Waals surface area contributed by atoms with Crippen molar-refractivity contribution >= 4 is 5.91 Å². The van der Waals surface area contributed by atoms with Crippen LogP contribution < -0.4 is 14.8 Å². The summed E-state index contributed by atoms with van der Waals surface area (Å²) in [6.07, 6.45) is 0.932. The molecule has 5 heteroatoms. The number of hydrogen-bond donors (Lipinski definition) is 1. The number of carbonyl (C=O) groups excluding carboxylic acids is 1. The monoisotopic (exact) mass is 331 g/mol. The fourth-order valence-electron chi connectivity index (χ4n) is 2.45. The van der Waals surface area contributed by atoms with Gasteiger partial charge in [0.15, 0.2) is 11.5 Å². The predicted molar refractivity (Wildman–Crippen MR) is 91.1 cm³/mol. The Labute approximate surface area is 141 Å². The molecule has 0 aromatic heterocycles. The summed E-state index contributed by atoms with van der Waals surface area (Å²) in [7, 11) is 3.13. The molecule has 0 aliphatic carbocycles.